The van der Waals surface area contributed by atoms with Crippen molar-refractivity contribution >= 4 is 39.9 Å². The molecule has 0 atom stereocenters. The Bertz CT molecular complexity index is 522. The standard InChI is InChI=1S/C8H4Cl2N2O2/c9-3-1-4-6(5(10)2-3)11-8(12-14)7(4)13/h1-2,11,13H. The van der Waals surface area contributed by atoms with Gasteiger partial charge in [-0.1, -0.05) is 23.2 Å². The van der Waals surface area contributed by atoms with Gasteiger partial charge in [0.25, 0.3) is 0 Å². The lowest BCUT2D eigenvalue weighted by Crippen LogP contribution is -1.71. The van der Waals surface area contributed by atoms with Crippen LogP contribution in [0.5, 0.6) is 5.75 Å². The zero-order chi connectivity index (χ0) is 10.3. The van der Waals surface area contributed by atoms with E-state index in [2.05, 4.69) is 10.2 Å². The molecule has 0 bridgehead atoms. The van der Waals surface area contributed by atoms with Crippen molar-refractivity contribution < 1.29 is 5.11 Å². The summed E-state index contributed by atoms with van der Waals surface area (Å²) in [6, 6.07) is 3.01. The van der Waals surface area contributed by atoms with Crippen molar-refractivity contribution in [3.05, 3.63) is 27.1 Å². The van der Waals surface area contributed by atoms with Gasteiger partial charge in [0.15, 0.2) is 5.75 Å². The predicted octanol–water partition coefficient (Wildman–Crippen LogP) is 3.58. The number of aromatic hydroxyl groups is 1. The molecule has 14 heavy (non-hydrogen) atoms. The number of fused-ring (bicyclic) bond motifs is 1. The molecule has 1 heterocycles. The lowest BCUT2D eigenvalue weighted by molar-refractivity contribution is 0.483. The number of aromatic amines is 1. The molecule has 2 rings (SSSR count). The highest BCUT2D eigenvalue weighted by Crippen LogP contribution is 2.39. The average Bonchev–Trinajstić information content (AvgIpc) is 2.44. The molecule has 2 aromatic rings. The first kappa shape index (κ1) is 9.30. The normalized spacial score (nSPS) is 10.7. The van der Waals surface area contributed by atoms with Gasteiger partial charge < -0.3 is 10.1 Å². The fourth-order valence-corrected chi connectivity index (χ4v) is 1.80. The highest BCUT2D eigenvalue weighted by Gasteiger charge is 2.13. The van der Waals surface area contributed by atoms with E-state index in [0.29, 0.717) is 20.9 Å². The molecule has 4 nitrogen and oxygen atoms in total. The first-order chi connectivity index (χ1) is 6.63. The minimum Gasteiger partial charge on any atom is -0.504 e. The maximum Gasteiger partial charge on any atom is 0.218 e. The van der Waals surface area contributed by atoms with E-state index in [1.807, 2.05) is 0 Å². The molecule has 0 saturated heterocycles. The number of nitroso groups, excluding NO2 is 1. The molecule has 6 heteroatoms. The van der Waals surface area contributed by atoms with E-state index in [9.17, 15) is 10.0 Å². The minimum atomic E-state index is -0.237. The predicted molar refractivity (Wildman–Crippen MR) is 55.4 cm³/mol. The number of aromatic nitrogens is 1. The van der Waals surface area contributed by atoms with E-state index >= 15 is 0 Å². The van der Waals surface area contributed by atoms with Crippen LogP contribution in [0.15, 0.2) is 17.3 Å². The maximum atomic E-state index is 10.3. The molecule has 1 aromatic heterocycles. The monoisotopic (exact) mass is 230 g/mol. The highest BCUT2D eigenvalue weighted by atomic mass is 35.5. The van der Waals surface area contributed by atoms with Crippen LogP contribution in [0.4, 0.5) is 5.82 Å². The number of rotatable bonds is 1. The Morgan fingerprint density at radius 2 is 2.07 bits per heavy atom. The number of nitrogens with zero attached hydrogens (tertiary/aromatic N) is 1. The molecule has 0 aliphatic carbocycles. The van der Waals surface area contributed by atoms with Gasteiger partial charge in [-0.05, 0) is 17.3 Å². The van der Waals surface area contributed by atoms with Crippen LogP contribution < -0.4 is 0 Å². The number of H-pyrrole nitrogens is 1. The van der Waals surface area contributed by atoms with Crippen molar-refractivity contribution in [2.45, 2.75) is 0 Å². The van der Waals surface area contributed by atoms with Crippen molar-refractivity contribution in [2.24, 2.45) is 5.18 Å². The van der Waals surface area contributed by atoms with Crippen molar-refractivity contribution in [2.75, 3.05) is 0 Å². The van der Waals surface area contributed by atoms with E-state index in [-0.39, 0.29) is 11.6 Å². The lowest BCUT2D eigenvalue weighted by atomic mass is 10.2. The topological polar surface area (TPSA) is 65.5 Å². The number of halogens is 2. The van der Waals surface area contributed by atoms with Gasteiger partial charge in [-0.3, -0.25) is 0 Å². The Morgan fingerprint density at radius 3 is 2.71 bits per heavy atom. The van der Waals surface area contributed by atoms with Crippen LogP contribution in [0.3, 0.4) is 0 Å². The second-order valence-electron chi connectivity index (χ2n) is 2.72. The molecule has 2 N–H and O–H groups in total. The molecule has 72 valence electrons. The first-order valence-electron chi connectivity index (χ1n) is 3.66. The number of hydrogen-bond acceptors (Lipinski definition) is 3. The SMILES string of the molecule is O=Nc1[nH]c2c(Cl)cc(Cl)cc2c1O. The third-order valence-corrected chi connectivity index (χ3v) is 2.39. The summed E-state index contributed by atoms with van der Waals surface area (Å²) in [5, 5.41) is 13.2. The van der Waals surface area contributed by atoms with E-state index in [0.717, 1.165) is 0 Å². The minimum absolute atomic E-state index is 0.149. The Hall–Kier alpha value is -1.26. The molecule has 0 unspecified atom stereocenters. The maximum absolute atomic E-state index is 10.3. The summed E-state index contributed by atoms with van der Waals surface area (Å²) in [5.41, 5.74) is 0.447. The second-order valence-corrected chi connectivity index (χ2v) is 3.57. The Labute approximate surface area is 88.4 Å². The first-order valence-corrected chi connectivity index (χ1v) is 4.42. The van der Waals surface area contributed by atoms with E-state index in [1.54, 1.807) is 0 Å². The Morgan fingerprint density at radius 1 is 1.36 bits per heavy atom. The van der Waals surface area contributed by atoms with Crippen molar-refractivity contribution in [1.29, 1.82) is 0 Å². The third-order valence-electron chi connectivity index (χ3n) is 1.87. The zero-order valence-corrected chi connectivity index (χ0v) is 8.23. The second kappa shape index (κ2) is 3.15. The van der Waals surface area contributed by atoms with Gasteiger partial charge in [-0.25, -0.2) is 0 Å². The van der Waals surface area contributed by atoms with Gasteiger partial charge in [0.2, 0.25) is 5.82 Å². The summed E-state index contributed by atoms with van der Waals surface area (Å²) >= 11 is 11.6. The summed E-state index contributed by atoms with van der Waals surface area (Å²) in [5.74, 6) is -0.386. The molecule has 0 amide bonds. The summed E-state index contributed by atoms with van der Waals surface area (Å²) < 4.78 is 0. The number of benzene rings is 1. The molecule has 0 aliphatic rings. The number of nitrogens with one attached hydrogen (secondary N) is 1. The third kappa shape index (κ3) is 1.23. The summed E-state index contributed by atoms with van der Waals surface area (Å²) in [6.07, 6.45) is 0. The van der Waals surface area contributed by atoms with Crippen molar-refractivity contribution in [3.63, 3.8) is 0 Å². The molecule has 0 saturated carbocycles. The number of hydrogen-bond donors (Lipinski definition) is 2. The van der Waals surface area contributed by atoms with Crippen LogP contribution in [-0.4, -0.2) is 10.1 Å². The van der Waals surface area contributed by atoms with E-state index in [4.69, 9.17) is 23.2 Å². The quantitative estimate of drug-likeness (QED) is 0.736. The van der Waals surface area contributed by atoms with Gasteiger partial charge in [-0.2, -0.15) is 0 Å². The highest BCUT2D eigenvalue weighted by molar-refractivity contribution is 6.38. The van der Waals surface area contributed by atoms with Crippen LogP contribution in [0.1, 0.15) is 0 Å². The van der Waals surface area contributed by atoms with E-state index < -0.39 is 0 Å². The largest absolute Gasteiger partial charge is 0.504 e. The Kier molecular flexibility index (Phi) is 2.09. The van der Waals surface area contributed by atoms with Gasteiger partial charge in [0.05, 0.1) is 10.5 Å². The van der Waals surface area contributed by atoms with Gasteiger partial charge in [0, 0.05) is 10.4 Å². The van der Waals surface area contributed by atoms with Crippen molar-refractivity contribution in [1.82, 2.24) is 4.98 Å². The van der Waals surface area contributed by atoms with Gasteiger partial charge in [-0.15, -0.1) is 4.91 Å². The molecule has 0 aliphatic heterocycles. The molecule has 0 radical (unpaired) electrons. The smallest absolute Gasteiger partial charge is 0.218 e. The van der Waals surface area contributed by atoms with Crippen LogP contribution >= 0.6 is 23.2 Å². The van der Waals surface area contributed by atoms with Gasteiger partial charge >= 0.3 is 0 Å². The molecular formula is C8H4Cl2N2O2. The lowest BCUT2D eigenvalue weighted by Gasteiger charge is -1.94. The van der Waals surface area contributed by atoms with E-state index in [1.165, 1.54) is 12.1 Å². The molecule has 0 fully saturated rings. The zero-order valence-electron chi connectivity index (χ0n) is 6.71. The molecule has 1 aromatic carbocycles. The van der Waals surface area contributed by atoms with Gasteiger partial charge in [0.1, 0.15) is 0 Å². The summed E-state index contributed by atoms with van der Waals surface area (Å²) in [6.45, 7) is 0. The fraction of sp³-hybridized carbons (Fsp3) is 0. The average molecular weight is 231 g/mol. The van der Waals surface area contributed by atoms with Crippen LogP contribution in [0.2, 0.25) is 10.0 Å². The van der Waals surface area contributed by atoms with Crippen LogP contribution in [-0.2, 0) is 0 Å². The molecule has 0 spiro atoms. The Balaban J connectivity index is 2.91. The van der Waals surface area contributed by atoms with Crippen LogP contribution in [0.25, 0.3) is 10.9 Å². The summed E-state index contributed by atoms with van der Waals surface area (Å²) in [4.78, 5) is 12.9. The van der Waals surface area contributed by atoms with Crippen molar-refractivity contribution in [3.8, 4) is 5.75 Å². The summed E-state index contributed by atoms with van der Waals surface area (Å²) in [7, 11) is 0. The fourth-order valence-electron chi connectivity index (χ4n) is 1.26. The van der Waals surface area contributed by atoms with Crippen LogP contribution in [0, 0.1) is 4.91 Å². The molecular weight excluding hydrogens is 227 g/mol.